The lowest BCUT2D eigenvalue weighted by Crippen LogP contribution is -2.56. The molecule has 0 aromatic heterocycles. The molecule has 2 heterocycles. The fourth-order valence-corrected chi connectivity index (χ4v) is 4.70. The van der Waals surface area contributed by atoms with Crippen LogP contribution in [0.3, 0.4) is 0 Å². The van der Waals surface area contributed by atoms with Gasteiger partial charge in [-0.15, -0.1) is 11.8 Å². The SMILES string of the molecule is O=C(O)C1CSCN1C(=O)N1CCN(C2CCCC2)CC1. The Morgan fingerprint density at radius 3 is 2.33 bits per heavy atom. The third-order valence-electron chi connectivity index (χ3n) is 4.84. The molecule has 0 bridgehead atoms. The van der Waals surface area contributed by atoms with Crippen molar-refractivity contribution in [1.82, 2.24) is 14.7 Å². The van der Waals surface area contributed by atoms with Gasteiger partial charge in [-0.3, -0.25) is 4.90 Å². The van der Waals surface area contributed by atoms with Crippen LogP contribution in [0.25, 0.3) is 0 Å². The quantitative estimate of drug-likeness (QED) is 0.828. The second-order valence-corrected chi connectivity index (χ2v) is 7.07. The Labute approximate surface area is 129 Å². The predicted octanol–water partition coefficient (Wildman–Crippen LogP) is 1.13. The molecule has 2 saturated heterocycles. The molecule has 0 aromatic carbocycles. The predicted molar refractivity (Wildman–Crippen MR) is 81.4 cm³/mol. The van der Waals surface area contributed by atoms with Crippen LogP contribution in [0, 0.1) is 0 Å². The zero-order valence-electron chi connectivity index (χ0n) is 12.2. The van der Waals surface area contributed by atoms with Crippen molar-refractivity contribution in [2.45, 2.75) is 37.8 Å². The monoisotopic (exact) mass is 313 g/mol. The third-order valence-corrected chi connectivity index (χ3v) is 5.85. The van der Waals surface area contributed by atoms with Crippen LogP contribution in [-0.2, 0) is 4.79 Å². The van der Waals surface area contributed by atoms with E-state index < -0.39 is 12.0 Å². The van der Waals surface area contributed by atoms with Crippen molar-refractivity contribution in [2.75, 3.05) is 37.8 Å². The molecule has 21 heavy (non-hydrogen) atoms. The van der Waals surface area contributed by atoms with E-state index in [1.807, 2.05) is 4.90 Å². The molecule has 0 spiro atoms. The van der Waals surface area contributed by atoms with E-state index in [0.717, 1.165) is 26.2 Å². The summed E-state index contributed by atoms with van der Waals surface area (Å²) in [4.78, 5) is 29.5. The summed E-state index contributed by atoms with van der Waals surface area (Å²) in [6.07, 6.45) is 5.24. The summed E-state index contributed by atoms with van der Waals surface area (Å²) >= 11 is 1.52. The zero-order chi connectivity index (χ0) is 14.8. The number of hydrogen-bond donors (Lipinski definition) is 1. The van der Waals surface area contributed by atoms with Crippen LogP contribution in [0.2, 0.25) is 0 Å². The highest BCUT2D eigenvalue weighted by atomic mass is 32.2. The van der Waals surface area contributed by atoms with Crippen molar-refractivity contribution in [3.63, 3.8) is 0 Å². The highest BCUT2D eigenvalue weighted by Gasteiger charge is 2.38. The molecular weight excluding hydrogens is 290 g/mol. The fourth-order valence-electron chi connectivity index (χ4n) is 3.57. The molecule has 7 heteroatoms. The number of thioether (sulfide) groups is 1. The van der Waals surface area contributed by atoms with Gasteiger partial charge in [-0.2, -0.15) is 0 Å². The van der Waals surface area contributed by atoms with Gasteiger partial charge in [-0.05, 0) is 12.8 Å². The molecule has 0 radical (unpaired) electrons. The molecule has 1 atom stereocenters. The number of nitrogens with zero attached hydrogens (tertiary/aromatic N) is 3. The molecule has 1 saturated carbocycles. The Morgan fingerprint density at radius 1 is 1.05 bits per heavy atom. The Morgan fingerprint density at radius 2 is 1.71 bits per heavy atom. The van der Waals surface area contributed by atoms with Crippen molar-refractivity contribution in [3.8, 4) is 0 Å². The van der Waals surface area contributed by atoms with Crippen LogP contribution in [0.4, 0.5) is 4.79 Å². The first-order chi connectivity index (χ1) is 10.2. The first-order valence-electron chi connectivity index (χ1n) is 7.77. The van der Waals surface area contributed by atoms with Crippen molar-refractivity contribution in [3.05, 3.63) is 0 Å². The Bertz CT molecular complexity index is 406. The normalized spacial score (nSPS) is 28.3. The van der Waals surface area contributed by atoms with Crippen LogP contribution in [0.5, 0.6) is 0 Å². The molecule has 3 rings (SSSR count). The van der Waals surface area contributed by atoms with E-state index >= 15 is 0 Å². The lowest BCUT2D eigenvalue weighted by atomic mass is 10.2. The van der Waals surface area contributed by atoms with Crippen LogP contribution in [0.1, 0.15) is 25.7 Å². The molecular formula is C14H23N3O3S. The molecule has 3 fully saturated rings. The Hall–Kier alpha value is -0.950. The number of urea groups is 1. The smallest absolute Gasteiger partial charge is 0.327 e. The zero-order valence-corrected chi connectivity index (χ0v) is 13.1. The summed E-state index contributed by atoms with van der Waals surface area (Å²) in [5.74, 6) is 0.111. The maximum atomic E-state index is 12.5. The van der Waals surface area contributed by atoms with E-state index in [1.165, 1.54) is 42.3 Å². The summed E-state index contributed by atoms with van der Waals surface area (Å²) in [7, 11) is 0. The first kappa shape index (κ1) is 15.0. The molecule has 1 N–H and O–H groups in total. The van der Waals surface area contributed by atoms with Crippen LogP contribution >= 0.6 is 11.8 Å². The largest absolute Gasteiger partial charge is 0.480 e. The highest BCUT2D eigenvalue weighted by Crippen LogP contribution is 2.26. The summed E-state index contributed by atoms with van der Waals surface area (Å²) in [6.45, 7) is 3.30. The van der Waals surface area contributed by atoms with E-state index in [0.29, 0.717) is 17.7 Å². The van der Waals surface area contributed by atoms with E-state index in [9.17, 15) is 14.7 Å². The van der Waals surface area contributed by atoms with E-state index in [-0.39, 0.29) is 6.03 Å². The van der Waals surface area contributed by atoms with Gasteiger partial charge in [-0.1, -0.05) is 12.8 Å². The van der Waals surface area contributed by atoms with Gasteiger partial charge in [0, 0.05) is 38.0 Å². The number of amides is 2. The number of rotatable bonds is 2. The number of aliphatic carboxylic acids is 1. The molecule has 3 aliphatic rings. The van der Waals surface area contributed by atoms with Gasteiger partial charge in [0.25, 0.3) is 0 Å². The fraction of sp³-hybridized carbons (Fsp3) is 0.857. The number of carbonyl (C=O) groups is 2. The minimum Gasteiger partial charge on any atom is -0.480 e. The number of carboxylic acid groups (broad SMARTS) is 1. The van der Waals surface area contributed by atoms with Crippen molar-refractivity contribution < 1.29 is 14.7 Å². The lowest BCUT2D eigenvalue weighted by molar-refractivity contribution is -0.141. The standard InChI is InChI=1S/C14H23N3O3S/c18-13(19)12-9-21-10-17(12)14(20)16-7-5-15(6-8-16)11-3-1-2-4-11/h11-12H,1-10H2,(H,18,19). The van der Waals surface area contributed by atoms with E-state index in [4.69, 9.17) is 0 Å². The third kappa shape index (κ3) is 3.13. The minimum absolute atomic E-state index is 0.0986. The van der Waals surface area contributed by atoms with Crippen molar-refractivity contribution in [1.29, 1.82) is 0 Å². The van der Waals surface area contributed by atoms with Gasteiger partial charge in [0.15, 0.2) is 0 Å². The van der Waals surface area contributed by atoms with Crippen LogP contribution < -0.4 is 0 Å². The minimum atomic E-state index is -0.891. The average molecular weight is 313 g/mol. The summed E-state index contributed by atoms with van der Waals surface area (Å²) in [5, 5.41) is 9.18. The maximum Gasteiger partial charge on any atom is 0.327 e. The van der Waals surface area contributed by atoms with Gasteiger partial charge in [0.1, 0.15) is 6.04 Å². The van der Waals surface area contributed by atoms with Crippen molar-refractivity contribution in [2.24, 2.45) is 0 Å². The summed E-state index contributed by atoms with van der Waals surface area (Å²) in [6, 6.07) is -0.0507. The van der Waals surface area contributed by atoms with Gasteiger partial charge in [-0.25, -0.2) is 9.59 Å². The van der Waals surface area contributed by atoms with Crippen molar-refractivity contribution >= 4 is 23.8 Å². The van der Waals surface area contributed by atoms with Gasteiger partial charge < -0.3 is 14.9 Å². The Kier molecular flexibility index (Phi) is 4.59. The molecule has 0 aromatic rings. The van der Waals surface area contributed by atoms with Crippen LogP contribution in [0.15, 0.2) is 0 Å². The number of carbonyl (C=O) groups excluding carboxylic acids is 1. The average Bonchev–Trinajstić information content (AvgIpc) is 3.18. The maximum absolute atomic E-state index is 12.5. The van der Waals surface area contributed by atoms with E-state index in [1.54, 1.807) is 0 Å². The molecule has 2 aliphatic heterocycles. The van der Waals surface area contributed by atoms with Crippen LogP contribution in [-0.4, -0.2) is 81.7 Å². The Balaban J connectivity index is 1.54. The molecule has 2 amide bonds. The van der Waals surface area contributed by atoms with E-state index in [2.05, 4.69) is 4.90 Å². The second-order valence-electron chi connectivity index (χ2n) is 6.07. The van der Waals surface area contributed by atoms with Gasteiger partial charge in [0.05, 0.1) is 5.88 Å². The highest BCUT2D eigenvalue weighted by molar-refractivity contribution is 7.99. The molecule has 1 aliphatic carbocycles. The van der Waals surface area contributed by atoms with Gasteiger partial charge in [0.2, 0.25) is 0 Å². The number of carboxylic acids is 1. The lowest BCUT2D eigenvalue weighted by Gasteiger charge is -2.39. The molecule has 118 valence electrons. The number of hydrogen-bond acceptors (Lipinski definition) is 4. The number of piperazine rings is 1. The topological polar surface area (TPSA) is 64.1 Å². The first-order valence-corrected chi connectivity index (χ1v) is 8.92. The van der Waals surface area contributed by atoms with Gasteiger partial charge >= 0.3 is 12.0 Å². The second kappa shape index (κ2) is 6.44. The molecule has 6 nitrogen and oxygen atoms in total. The summed E-state index contributed by atoms with van der Waals surface area (Å²) < 4.78 is 0. The summed E-state index contributed by atoms with van der Waals surface area (Å²) in [5.41, 5.74) is 0. The molecule has 1 unspecified atom stereocenters.